The van der Waals surface area contributed by atoms with E-state index in [0.29, 0.717) is 0 Å². The molecule has 0 radical (unpaired) electrons. The lowest BCUT2D eigenvalue weighted by atomic mass is 9.72. The molecule has 0 aliphatic heterocycles. The first kappa shape index (κ1) is 78.5. The van der Waals surface area contributed by atoms with E-state index in [2.05, 4.69) is 177 Å². The lowest BCUT2D eigenvalue weighted by Crippen LogP contribution is -2.24. The highest BCUT2D eigenvalue weighted by molar-refractivity contribution is 5.47. The van der Waals surface area contributed by atoms with E-state index in [0.717, 1.165) is 72.0 Å². The van der Waals surface area contributed by atoms with Gasteiger partial charge in [0.15, 0.2) is 0 Å². The minimum atomic E-state index is 0.201. The summed E-state index contributed by atoms with van der Waals surface area (Å²) in [6.45, 7) is 50.7. The molecule has 0 heterocycles. The topological polar surface area (TPSA) is 0 Å². The van der Waals surface area contributed by atoms with Crippen LogP contribution in [0.2, 0.25) is 0 Å². The molecule has 7 aliphatic rings. The van der Waals surface area contributed by atoms with Crippen molar-refractivity contribution in [1.82, 2.24) is 0 Å². The van der Waals surface area contributed by atoms with Crippen LogP contribution >= 0.6 is 0 Å². The molecule has 2 aromatic rings. The fraction of sp³-hybridized carbons (Fsp3) is 0.857. The summed E-state index contributed by atoms with van der Waals surface area (Å²) in [6.07, 6.45) is 54.6. The molecule has 490 valence electrons. The molecule has 2 bridgehead atoms. The molecule has 7 fully saturated rings. The van der Waals surface area contributed by atoms with Crippen LogP contribution in [0.4, 0.5) is 0 Å². The van der Waals surface area contributed by atoms with Gasteiger partial charge in [0, 0.05) is 0 Å². The van der Waals surface area contributed by atoms with Gasteiger partial charge in [0.25, 0.3) is 0 Å². The number of hydrogen-bond acceptors (Lipinski definition) is 0. The van der Waals surface area contributed by atoms with Crippen LogP contribution in [0.25, 0.3) is 0 Å². The molecule has 0 spiro atoms. The van der Waals surface area contributed by atoms with Crippen molar-refractivity contribution in [2.24, 2.45) is 59.2 Å². The highest BCUT2D eigenvalue weighted by atomic mass is 14.4. The third-order valence-corrected chi connectivity index (χ3v) is 22.1. The predicted molar refractivity (Wildman–Crippen MR) is 384 cm³/mol. The summed E-state index contributed by atoms with van der Waals surface area (Å²) in [5.74, 6) is 10.8. The Hall–Kier alpha value is -1.56. The molecule has 0 saturated heterocycles. The number of benzene rings is 2. The zero-order chi connectivity index (χ0) is 62.9. The number of aryl methyl sites for hydroxylation is 3. The van der Waals surface area contributed by atoms with Gasteiger partial charge in [-0.1, -0.05) is 367 Å². The molecule has 0 amide bonds. The summed E-state index contributed by atoms with van der Waals surface area (Å²) in [5.41, 5.74) is 12.4. The van der Waals surface area contributed by atoms with Crippen molar-refractivity contribution in [2.45, 2.75) is 406 Å². The molecule has 7 saturated carbocycles. The zero-order valence-corrected chi connectivity index (χ0v) is 61.7. The van der Waals surface area contributed by atoms with E-state index >= 15 is 0 Å². The van der Waals surface area contributed by atoms with Crippen molar-refractivity contribution in [2.75, 3.05) is 0 Å². The zero-order valence-electron chi connectivity index (χ0n) is 61.7. The Balaban J connectivity index is 0.000000335. The highest BCUT2D eigenvalue weighted by Crippen LogP contribution is 2.49. The summed E-state index contributed by atoms with van der Waals surface area (Å²) < 4.78 is 0. The Morgan fingerprint density at radius 1 is 0.405 bits per heavy atom. The maximum absolute atomic E-state index is 2.45. The van der Waals surface area contributed by atoms with Gasteiger partial charge in [0.05, 0.1) is 0 Å². The van der Waals surface area contributed by atoms with Crippen LogP contribution in [0, 0.1) is 80.0 Å². The van der Waals surface area contributed by atoms with Gasteiger partial charge in [-0.2, -0.15) is 0 Å². The summed E-state index contributed by atoms with van der Waals surface area (Å²) in [6, 6.07) is 9.42. The lowest BCUT2D eigenvalue weighted by Gasteiger charge is -2.33. The molecule has 0 N–H and O–H groups in total. The molecule has 3 atom stereocenters. The second kappa shape index (κ2) is 42.4. The summed E-state index contributed by atoms with van der Waals surface area (Å²) in [5, 5.41) is 0. The van der Waals surface area contributed by atoms with E-state index in [-0.39, 0.29) is 16.2 Å². The lowest BCUT2D eigenvalue weighted by molar-refractivity contribution is 0.279. The fourth-order valence-corrected chi connectivity index (χ4v) is 16.4. The molecule has 84 heavy (non-hydrogen) atoms. The van der Waals surface area contributed by atoms with E-state index < -0.39 is 0 Å². The first-order chi connectivity index (χ1) is 39.8. The van der Waals surface area contributed by atoms with Gasteiger partial charge in [-0.05, 0) is 167 Å². The maximum Gasteiger partial charge on any atom is -0.0129 e. The van der Waals surface area contributed by atoms with E-state index in [1.807, 2.05) is 0 Å². The van der Waals surface area contributed by atoms with E-state index in [4.69, 9.17) is 0 Å². The summed E-state index contributed by atoms with van der Waals surface area (Å²) >= 11 is 0. The van der Waals surface area contributed by atoms with Crippen LogP contribution < -0.4 is 0 Å². The number of hydrogen-bond donors (Lipinski definition) is 0. The second-order valence-corrected chi connectivity index (χ2v) is 32.9. The number of fused-ring (bicyclic) bond motifs is 2. The molecular weight excluding hydrogens is 1010 g/mol. The SMILES string of the molecule is CC(C)C1CCCCC1.CCC1CC2CCC1C2.CCC1CCC(C)CC1.CCC1CCCCC1.CCCC1CCCCC1.CCCC1CCCCC1.CCc1c(C(C)(C)C)cc(C(C)(C)C)cc1C(C)(C)C.CCc1c(C)cc(C)cc1C. The third kappa shape index (κ3) is 31.3. The average molecular weight is 1160 g/mol. The number of rotatable bonds is 10. The quantitative estimate of drug-likeness (QED) is 0.222. The smallest absolute Gasteiger partial charge is 0.0129 e. The van der Waals surface area contributed by atoms with Crippen LogP contribution in [0.1, 0.15) is 401 Å². The Morgan fingerprint density at radius 3 is 1.07 bits per heavy atom. The first-order valence-corrected chi connectivity index (χ1v) is 38.0. The maximum atomic E-state index is 2.45. The second-order valence-electron chi connectivity index (χ2n) is 32.9. The highest BCUT2D eigenvalue weighted by Gasteiger charge is 2.38. The Labute approximate surface area is 531 Å². The van der Waals surface area contributed by atoms with E-state index in [1.165, 1.54) is 238 Å². The predicted octanol–water partition coefficient (Wildman–Crippen LogP) is 28.3. The Kier molecular flexibility index (Phi) is 39.7. The Bertz CT molecular complexity index is 1820. The van der Waals surface area contributed by atoms with Crippen molar-refractivity contribution >= 4 is 0 Å². The normalized spacial score (nSPS) is 23.2. The van der Waals surface area contributed by atoms with Crippen LogP contribution in [-0.2, 0) is 29.1 Å². The van der Waals surface area contributed by atoms with Gasteiger partial charge < -0.3 is 0 Å². The van der Waals surface area contributed by atoms with Crippen molar-refractivity contribution in [3.8, 4) is 0 Å². The van der Waals surface area contributed by atoms with Gasteiger partial charge in [0.1, 0.15) is 0 Å². The monoisotopic (exact) mass is 1160 g/mol. The molecule has 0 aromatic heterocycles. The largest absolute Gasteiger partial charge is 0.0654 e. The minimum absolute atomic E-state index is 0.201. The van der Waals surface area contributed by atoms with E-state index in [1.54, 1.807) is 31.2 Å². The average Bonchev–Trinajstić information content (AvgIpc) is 1.98. The van der Waals surface area contributed by atoms with E-state index in [9.17, 15) is 0 Å². The Morgan fingerprint density at radius 2 is 0.798 bits per heavy atom. The van der Waals surface area contributed by atoms with Crippen molar-refractivity contribution in [1.29, 1.82) is 0 Å². The molecular formula is C84H154. The van der Waals surface area contributed by atoms with Crippen LogP contribution in [0.3, 0.4) is 0 Å². The molecule has 3 unspecified atom stereocenters. The van der Waals surface area contributed by atoms with Crippen molar-refractivity contribution in [3.63, 3.8) is 0 Å². The standard InChI is InChI=1S/C20H34.C11H16.C9H16.4C9H18.C8H16/c1-11-15-16(19(5,6)7)12-14(18(2,3)4)13-17(15)20(8,9)10;1-5-11-9(3)6-8(2)7-10(11)4;1-2-8-5-7-3-4-9(8)6-7;1-8(2)9-6-4-3-5-7-9;1-3-9-6-4-8(2)5-7-9;2*1-2-6-9-7-4-3-5-8-9;1-2-8-6-4-3-5-7-8/h12-13H,11H2,1-10H3;6-7H,5H2,1-4H3;7-9H,2-6H2,1H3;2*8-9H,3-7H2,1-2H3;2*9H,2-8H2,1H3;8H,2-7H2,1H3. The van der Waals surface area contributed by atoms with Crippen LogP contribution in [0.15, 0.2) is 24.3 Å². The van der Waals surface area contributed by atoms with Gasteiger partial charge in [-0.25, -0.2) is 0 Å². The molecule has 7 aliphatic carbocycles. The van der Waals surface area contributed by atoms with Gasteiger partial charge in [0.2, 0.25) is 0 Å². The molecule has 0 heteroatoms. The van der Waals surface area contributed by atoms with Crippen molar-refractivity contribution < 1.29 is 0 Å². The van der Waals surface area contributed by atoms with Gasteiger partial charge in [-0.3, -0.25) is 0 Å². The molecule has 9 rings (SSSR count). The van der Waals surface area contributed by atoms with Gasteiger partial charge >= 0.3 is 0 Å². The van der Waals surface area contributed by atoms with Crippen LogP contribution in [-0.4, -0.2) is 0 Å². The van der Waals surface area contributed by atoms with Crippen LogP contribution in [0.5, 0.6) is 0 Å². The fourth-order valence-electron chi connectivity index (χ4n) is 16.4. The minimum Gasteiger partial charge on any atom is -0.0654 e. The first-order valence-electron chi connectivity index (χ1n) is 38.0. The summed E-state index contributed by atoms with van der Waals surface area (Å²) in [4.78, 5) is 0. The third-order valence-electron chi connectivity index (χ3n) is 22.1. The molecule has 0 nitrogen and oxygen atoms in total. The molecule has 2 aromatic carbocycles. The van der Waals surface area contributed by atoms with Gasteiger partial charge in [-0.15, -0.1) is 0 Å². The van der Waals surface area contributed by atoms with Crippen molar-refractivity contribution in [3.05, 3.63) is 68.8 Å². The summed E-state index contributed by atoms with van der Waals surface area (Å²) in [7, 11) is 0.